The third kappa shape index (κ3) is 5.24. The Morgan fingerprint density at radius 3 is 2.34 bits per heavy atom. The van der Waals surface area contributed by atoms with E-state index in [1.807, 2.05) is 24.5 Å². The van der Waals surface area contributed by atoms with Crippen LogP contribution in [-0.2, 0) is 6.54 Å². The third-order valence-electron chi connectivity index (χ3n) is 7.23. The van der Waals surface area contributed by atoms with Crippen LogP contribution in [0.4, 0.5) is 5.82 Å². The summed E-state index contributed by atoms with van der Waals surface area (Å²) in [4.78, 5) is 15.0. The quantitative estimate of drug-likeness (QED) is 0.297. The monoisotopic (exact) mass is 496 g/mol. The average Bonchev–Trinajstić information content (AvgIpc) is 2.98. The van der Waals surface area contributed by atoms with E-state index in [0.717, 1.165) is 43.7 Å². The molecule has 0 spiro atoms. The van der Waals surface area contributed by atoms with Crippen LogP contribution in [0, 0.1) is 11.3 Å². The molecule has 0 amide bonds. The molecular weight excluding hydrogens is 468 g/mol. The largest absolute Gasteiger partial charge is 0.367 e. The van der Waals surface area contributed by atoms with Gasteiger partial charge < -0.3 is 5.32 Å². The number of nitrogens with zero attached hydrogens (tertiary/aromatic N) is 5. The number of piperidine rings is 1. The Morgan fingerprint density at radius 2 is 1.58 bits per heavy atom. The molecule has 3 heterocycles. The lowest BCUT2D eigenvalue weighted by Crippen LogP contribution is -2.38. The van der Waals surface area contributed by atoms with Crippen LogP contribution in [0.2, 0.25) is 0 Å². The van der Waals surface area contributed by atoms with Crippen LogP contribution in [0.1, 0.15) is 24.2 Å². The van der Waals surface area contributed by atoms with Gasteiger partial charge >= 0.3 is 0 Å². The van der Waals surface area contributed by atoms with Crippen LogP contribution in [0.5, 0.6) is 0 Å². The molecule has 1 fully saturated rings. The summed E-state index contributed by atoms with van der Waals surface area (Å²) < 4.78 is 0. The molecule has 186 valence electrons. The topological polar surface area (TPSA) is 77.7 Å². The van der Waals surface area contributed by atoms with Crippen LogP contribution >= 0.6 is 0 Å². The highest BCUT2D eigenvalue weighted by atomic mass is 15.1. The molecule has 2 aromatic heterocycles. The number of nitriles is 1. The van der Waals surface area contributed by atoms with Crippen LogP contribution in [0.15, 0.2) is 97.5 Å². The minimum absolute atomic E-state index is 0.201. The van der Waals surface area contributed by atoms with Crippen molar-refractivity contribution in [2.45, 2.75) is 25.4 Å². The van der Waals surface area contributed by atoms with Gasteiger partial charge in [-0.1, -0.05) is 54.6 Å². The molecule has 3 aromatic carbocycles. The fourth-order valence-corrected chi connectivity index (χ4v) is 5.22. The van der Waals surface area contributed by atoms with E-state index in [2.05, 4.69) is 98.0 Å². The molecule has 5 aromatic rings. The zero-order valence-electron chi connectivity index (χ0n) is 21.1. The molecule has 1 aliphatic heterocycles. The molecule has 1 aliphatic rings. The lowest BCUT2D eigenvalue weighted by molar-refractivity contribution is 0.211. The Morgan fingerprint density at radius 1 is 0.842 bits per heavy atom. The molecule has 0 saturated carbocycles. The molecule has 0 unspecified atom stereocenters. The van der Waals surface area contributed by atoms with Crippen molar-refractivity contribution in [2.75, 3.05) is 18.4 Å². The Bertz CT molecular complexity index is 1580. The summed E-state index contributed by atoms with van der Waals surface area (Å²) in [7, 11) is 0. The van der Waals surface area contributed by atoms with Gasteiger partial charge in [0.25, 0.3) is 0 Å². The van der Waals surface area contributed by atoms with E-state index in [-0.39, 0.29) is 5.82 Å². The van der Waals surface area contributed by atoms with Gasteiger partial charge in [-0.3, -0.25) is 9.88 Å². The van der Waals surface area contributed by atoms with Crippen molar-refractivity contribution >= 4 is 16.6 Å². The van der Waals surface area contributed by atoms with Crippen molar-refractivity contribution in [3.8, 4) is 28.3 Å². The van der Waals surface area contributed by atoms with Gasteiger partial charge in [-0.2, -0.15) is 5.26 Å². The molecule has 0 aliphatic carbocycles. The van der Waals surface area contributed by atoms with Gasteiger partial charge in [0.05, 0.1) is 0 Å². The Hall–Kier alpha value is -4.60. The minimum atomic E-state index is 0.201. The first-order valence-corrected chi connectivity index (χ1v) is 13.0. The van der Waals surface area contributed by atoms with Crippen LogP contribution in [-0.4, -0.2) is 39.0 Å². The summed E-state index contributed by atoms with van der Waals surface area (Å²) in [6.45, 7) is 2.98. The summed E-state index contributed by atoms with van der Waals surface area (Å²) in [6, 6.07) is 30.4. The molecule has 6 nitrogen and oxygen atoms in total. The summed E-state index contributed by atoms with van der Waals surface area (Å²) in [6.07, 6.45) is 7.49. The van der Waals surface area contributed by atoms with E-state index < -0.39 is 0 Å². The zero-order chi connectivity index (χ0) is 25.7. The Labute approximate surface area is 222 Å². The summed E-state index contributed by atoms with van der Waals surface area (Å²) in [5.41, 5.74) is 6.20. The minimum Gasteiger partial charge on any atom is -0.367 e. The number of fused-ring (bicyclic) bond motifs is 1. The second-order valence-electron chi connectivity index (χ2n) is 9.76. The van der Waals surface area contributed by atoms with Gasteiger partial charge in [-0.15, -0.1) is 0 Å². The molecule has 0 radical (unpaired) electrons. The fourth-order valence-electron chi connectivity index (χ4n) is 5.22. The molecule has 0 bridgehead atoms. The van der Waals surface area contributed by atoms with Crippen molar-refractivity contribution in [1.82, 2.24) is 19.9 Å². The lowest BCUT2D eigenvalue weighted by atomic mass is 9.91. The van der Waals surface area contributed by atoms with E-state index in [1.165, 1.54) is 33.2 Å². The highest BCUT2D eigenvalue weighted by molar-refractivity contribution is 5.96. The van der Waals surface area contributed by atoms with Crippen molar-refractivity contribution < 1.29 is 0 Å². The smallest absolute Gasteiger partial charge is 0.234 e. The van der Waals surface area contributed by atoms with Gasteiger partial charge in [-0.25, -0.2) is 9.97 Å². The van der Waals surface area contributed by atoms with Crippen LogP contribution in [0.25, 0.3) is 33.0 Å². The number of pyridine rings is 1. The number of likely N-dealkylation sites (tertiary alicyclic amines) is 1. The SMILES string of the molecule is N#Cc1nccc(NC2CCN(Cc3ccc(-c4cc5cnccc5cc4-c4ccccc4)cc3)CC2)n1. The van der Waals surface area contributed by atoms with E-state index in [0.29, 0.717) is 6.04 Å². The molecule has 1 saturated heterocycles. The summed E-state index contributed by atoms with van der Waals surface area (Å²) in [5, 5.41) is 14.8. The maximum atomic E-state index is 9.02. The number of aromatic nitrogens is 3. The number of benzene rings is 3. The highest BCUT2D eigenvalue weighted by Gasteiger charge is 2.20. The lowest BCUT2D eigenvalue weighted by Gasteiger charge is -2.32. The summed E-state index contributed by atoms with van der Waals surface area (Å²) in [5.74, 6) is 0.928. The van der Waals surface area contributed by atoms with E-state index >= 15 is 0 Å². The first-order valence-electron chi connectivity index (χ1n) is 13.0. The molecule has 6 heteroatoms. The van der Waals surface area contributed by atoms with Crippen LogP contribution < -0.4 is 5.32 Å². The Kier molecular flexibility index (Phi) is 6.75. The number of anilines is 1. The van der Waals surface area contributed by atoms with Gasteiger partial charge in [0, 0.05) is 49.7 Å². The van der Waals surface area contributed by atoms with Crippen molar-refractivity contribution in [3.63, 3.8) is 0 Å². The molecule has 1 N–H and O–H groups in total. The van der Waals surface area contributed by atoms with Crippen molar-refractivity contribution in [3.05, 3.63) is 109 Å². The highest BCUT2D eigenvalue weighted by Crippen LogP contribution is 2.35. The maximum Gasteiger partial charge on any atom is 0.234 e. The molecule has 0 atom stereocenters. The second kappa shape index (κ2) is 10.8. The Balaban J connectivity index is 1.15. The van der Waals surface area contributed by atoms with Crippen molar-refractivity contribution in [1.29, 1.82) is 5.26 Å². The second-order valence-corrected chi connectivity index (χ2v) is 9.76. The average molecular weight is 497 g/mol. The number of nitrogens with one attached hydrogen (secondary N) is 1. The number of hydrogen-bond acceptors (Lipinski definition) is 6. The van der Waals surface area contributed by atoms with Gasteiger partial charge in [0.15, 0.2) is 0 Å². The van der Waals surface area contributed by atoms with Crippen molar-refractivity contribution in [2.24, 2.45) is 0 Å². The predicted molar refractivity (Wildman–Crippen MR) is 151 cm³/mol. The van der Waals surface area contributed by atoms with Gasteiger partial charge in [0.2, 0.25) is 5.82 Å². The van der Waals surface area contributed by atoms with Crippen LogP contribution in [0.3, 0.4) is 0 Å². The third-order valence-corrected chi connectivity index (χ3v) is 7.23. The maximum absolute atomic E-state index is 9.02. The number of hydrogen-bond donors (Lipinski definition) is 1. The predicted octanol–water partition coefficient (Wildman–Crippen LogP) is 6.31. The van der Waals surface area contributed by atoms with E-state index in [9.17, 15) is 0 Å². The first-order chi connectivity index (χ1) is 18.7. The first kappa shape index (κ1) is 23.8. The van der Waals surface area contributed by atoms with Gasteiger partial charge in [-0.05, 0) is 70.3 Å². The van der Waals surface area contributed by atoms with Gasteiger partial charge in [0.1, 0.15) is 11.9 Å². The number of rotatable bonds is 6. The standard InChI is InChI=1S/C32H28N6/c33-20-32-35-15-11-31(37-32)36-28-12-16-38(17-13-28)22-23-6-8-25(9-7-23)30-19-27-21-34-14-10-26(27)18-29(30)24-4-2-1-3-5-24/h1-11,14-15,18-19,21,28H,12-13,16-17,22H2,(H,35,36,37). The molecular formula is C32H28N6. The fraction of sp³-hybridized carbons (Fsp3) is 0.188. The molecule has 6 rings (SSSR count). The zero-order valence-corrected chi connectivity index (χ0v) is 21.1. The molecule has 38 heavy (non-hydrogen) atoms. The summed E-state index contributed by atoms with van der Waals surface area (Å²) >= 11 is 0. The van der Waals surface area contributed by atoms with E-state index in [1.54, 1.807) is 6.20 Å². The van der Waals surface area contributed by atoms with E-state index in [4.69, 9.17) is 5.26 Å². The normalized spacial score (nSPS) is 14.3.